The number of thioether (sulfide) groups is 1. The van der Waals surface area contributed by atoms with Crippen molar-refractivity contribution >= 4 is 28.4 Å². The Morgan fingerprint density at radius 1 is 1.19 bits per heavy atom. The van der Waals surface area contributed by atoms with Crippen LogP contribution in [0.4, 0.5) is 0 Å². The van der Waals surface area contributed by atoms with Gasteiger partial charge >= 0.3 is 0 Å². The number of fused-ring (bicyclic) bond motifs is 1. The van der Waals surface area contributed by atoms with Crippen molar-refractivity contribution in [2.24, 2.45) is 0 Å². The van der Waals surface area contributed by atoms with Crippen LogP contribution in [0.1, 0.15) is 28.4 Å². The topological polar surface area (TPSA) is 63.0 Å². The highest BCUT2D eigenvalue weighted by molar-refractivity contribution is 8.00. The minimum absolute atomic E-state index is 0.0208. The standard InChI is InChI=1S/C21H18N2O2S/c1-3-25-18-8-9-19-16(11-18)10-17(12-22)21(23-19)26-13-20(24)15-6-4-14(2)5-7-15/h4-11H,3,13H2,1-2H3. The predicted octanol–water partition coefficient (Wildman–Crippen LogP) is 4.79. The number of nitrogens with zero attached hydrogens (tertiary/aromatic N) is 2. The summed E-state index contributed by atoms with van der Waals surface area (Å²) in [6, 6.07) is 17.1. The van der Waals surface area contributed by atoms with Crippen molar-refractivity contribution in [3.63, 3.8) is 0 Å². The molecule has 0 atom stereocenters. The van der Waals surface area contributed by atoms with Crippen LogP contribution in [-0.4, -0.2) is 23.1 Å². The number of ketones is 1. The molecule has 0 aliphatic rings. The monoisotopic (exact) mass is 362 g/mol. The number of Topliss-reactive ketones (excluding diaryl/α,β-unsaturated/α-hetero) is 1. The van der Waals surface area contributed by atoms with Crippen LogP contribution in [0, 0.1) is 18.3 Å². The Morgan fingerprint density at radius 3 is 2.65 bits per heavy atom. The molecule has 0 bridgehead atoms. The van der Waals surface area contributed by atoms with Gasteiger partial charge in [0.25, 0.3) is 0 Å². The number of rotatable bonds is 6. The van der Waals surface area contributed by atoms with E-state index in [2.05, 4.69) is 11.1 Å². The van der Waals surface area contributed by atoms with E-state index in [4.69, 9.17) is 4.74 Å². The molecule has 3 rings (SSSR count). The highest BCUT2D eigenvalue weighted by atomic mass is 32.2. The van der Waals surface area contributed by atoms with Crippen LogP contribution in [0.15, 0.2) is 53.6 Å². The first-order chi connectivity index (χ1) is 12.6. The van der Waals surface area contributed by atoms with E-state index in [0.29, 0.717) is 22.8 Å². The normalized spacial score (nSPS) is 10.5. The van der Waals surface area contributed by atoms with Crippen molar-refractivity contribution in [3.05, 3.63) is 65.2 Å². The fourth-order valence-corrected chi connectivity index (χ4v) is 3.40. The minimum Gasteiger partial charge on any atom is -0.494 e. The number of hydrogen-bond donors (Lipinski definition) is 0. The molecule has 0 amide bonds. The molecule has 0 aliphatic heterocycles. The minimum atomic E-state index is 0.0208. The van der Waals surface area contributed by atoms with Crippen LogP contribution in [0.2, 0.25) is 0 Å². The number of nitriles is 1. The quantitative estimate of drug-likeness (QED) is 0.466. The molecule has 0 spiro atoms. The summed E-state index contributed by atoms with van der Waals surface area (Å²) in [6.45, 7) is 4.49. The molecule has 0 unspecified atom stereocenters. The number of ether oxygens (including phenoxy) is 1. The number of aryl methyl sites for hydroxylation is 1. The van der Waals surface area contributed by atoms with E-state index in [0.717, 1.165) is 22.2 Å². The Kier molecular flexibility index (Phi) is 5.55. The van der Waals surface area contributed by atoms with Crippen LogP contribution >= 0.6 is 11.8 Å². The summed E-state index contributed by atoms with van der Waals surface area (Å²) in [5.74, 6) is 1.01. The molecule has 0 N–H and O–H groups in total. The fraction of sp³-hybridized carbons (Fsp3) is 0.190. The molecule has 0 radical (unpaired) electrons. The molecule has 3 aromatic rings. The second-order valence-electron chi connectivity index (χ2n) is 5.82. The Hall–Kier alpha value is -2.84. The van der Waals surface area contributed by atoms with Gasteiger partial charge in [0.05, 0.1) is 23.4 Å². The summed E-state index contributed by atoms with van der Waals surface area (Å²) in [6.07, 6.45) is 0. The summed E-state index contributed by atoms with van der Waals surface area (Å²) in [4.78, 5) is 16.9. The Bertz CT molecular complexity index is 991. The van der Waals surface area contributed by atoms with Gasteiger partial charge in [-0.15, -0.1) is 0 Å². The lowest BCUT2D eigenvalue weighted by Crippen LogP contribution is -2.03. The number of carbonyl (C=O) groups is 1. The smallest absolute Gasteiger partial charge is 0.173 e. The third-order valence-corrected chi connectivity index (χ3v) is 4.89. The number of benzene rings is 2. The van der Waals surface area contributed by atoms with Gasteiger partial charge in [0, 0.05) is 10.9 Å². The lowest BCUT2D eigenvalue weighted by Gasteiger charge is -2.08. The van der Waals surface area contributed by atoms with Gasteiger partial charge in [0.1, 0.15) is 16.8 Å². The fourth-order valence-electron chi connectivity index (χ4n) is 2.54. The first-order valence-electron chi connectivity index (χ1n) is 8.31. The van der Waals surface area contributed by atoms with E-state index in [1.807, 2.05) is 56.3 Å². The van der Waals surface area contributed by atoms with E-state index >= 15 is 0 Å². The zero-order valence-corrected chi connectivity index (χ0v) is 15.5. The highest BCUT2D eigenvalue weighted by Gasteiger charge is 2.12. The summed E-state index contributed by atoms with van der Waals surface area (Å²) in [5, 5.41) is 10.9. The molecule has 2 aromatic carbocycles. The van der Waals surface area contributed by atoms with Gasteiger partial charge < -0.3 is 4.74 Å². The number of pyridine rings is 1. The zero-order chi connectivity index (χ0) is 18.5. The summed E-state index contributed by atoms with van der Waals surface area (Å²) >= 11 is 1.29. The molecule has 0 saturated heterocycles. The van der Waals surface area contributed by atoms with E-state index in [9.17, 15) is 10.1 Å². The second kappa shape index (κ2) is 8.03. The average molecular weight is 362 g/mol. The molecule has 1 aromatic heterocycles. The SMILES string of the molecule is CCOc1ccc2nc(SCC(=O)c3ccc(C)cc3)c(C#N)cc2c1. The van der Waals surface area contributed by atoms with Crippen LogP contribution in [-0.2, 0) is 0 Å². The molecule has 0 aliphatic carbocycles. The lowest BCUT2D eigenvalue weighted by atomic mass is 10.1. The van der Waals surface area contributed by atoms with Crippen molar-refractivity contribution in [2.75, 3.05) is 12.4 Å². The van der Waals surface area contributed by atoms with Crippen molar-refractivity contribution in [1.29, 1.82) is 5.26 Å². The Labute approximate surface area is 156 Å². The first-order valence-corrected chi connectivity index (χ1v) is 9.29. The molecule has 130 valence electrons. The van der Waals surface area contributed by atoms with Crippen molar-refractivity contribution in [2.45, 2.75) is 18.9 Å². The van der Waals surface area contributed by atoms with Gasteiger partial charge in [-0.3, -0.25) is 4.79 Å². The highest BCUT2D eigenvalue weighted by Crippen LogP contribution is 2.27. The summed E-state index contributed by atoms with van der Waals surface area (Å²) in [5.41, 5.74) is 3.03. The maximum atomic E-state index is 12.4. The predicted molar refractivity (Wildman–Crippen MR) is 104 cm³/mol. The average Bonchev–Trinajstić information content (AvgIpc) is 2.66. The molecule has 0 fully saturated rings. The number of hydrogen-bond acceptors (Lipinski definition) is 5. The van der Waals surface area contributed by atoms with Gasteiger partial charge in [-0.2, -0.15) is 5.26 Å². The number of carbonyl (C=O) groups excluding carboxylic acids is 1. The molecule has 1 heterocycles. The zero-order valence-electron chi connectivity index (χ0n) is 14.7. The molecule has 4 nitrogen and oxygen atoms in total. The molecule has 26 heavy (non-hydrogen) atoms. The van der Waals surface area contributed by atoms with Crippen LogP contribution in [0.25, 0.3) is 10.9 Å². The van der Waals surface area contributed by atoms with Crippen LogP contribution in [0.3, 0.4) is 0 Å². The Balaban J connectivity index is 1.82. The maximum absolute atomic E-state index is 12.4. The maximum Gasteiger partial charge on any atom is 0.173 e. The van der Waals surface area contributed by atoms with Gasteiger partial charge in [0.15, 0.2) is 5.78 Å². The molecular weight excluding hydrogens is 344 g/mol. The van der Waals surface area contributed by atoms with Crippen LogP contribution < -0.4 is 4.74 Å². The van der Waals surface area contributed by atoms with E-state index in [1.54, 1.807) is 6.07 Å². The first kappa shape index (κ1) is 18.0. The summed E-state index contributed by atoms with van der Waals surface area (Å²) < 4.78 is 5.49. The van der Waals surface area contributed by atoms with Gasteiger partial charge in [0.2, 0.25) is 0 Å². The van der Waals surface area contributed by atoms with Gasteiger partial charge in [-0.25, -0.2) is 4.98 Å². The van der Waals surface area contributed by atoms with E-state index in [-0.39, 0.29) is 11.5 Å². The van der Waals surface area contributed by atoms with Crippen LogP contribution in [0.5, 0.6) is 5.75 Å². The third-order valence-electron chi connectivity index (χ3n) is 3.90. The second-order valence-corrected chi connectivity index (χ2v) is 6.78. The lowest BCUT2D eigenvalue weighted by molar-refractivity contribution is 0.102. The third kappa shape index (κ3) is 4.04. The van der Waals surface area contributed by atoms with Crippen molar-refractivity contribution < 1.29 is 9.53 Å². The van der Waals surface area contributed by atoms with Crippen molar-refractivity contribution in [1.82, 2.24) is 4.98 Å². The largest absolute Gasteiger partial charge is 0.494 e. The summed E-state index contributed by atoms with van der Waals surface area (Å²) in [7, 11) is 0. The van der Waals surface area contributed by atoms with Gasteiger partial charge in [-0.1, -0.05) is 41.6 Å². The molecular formula is C21H18N2O2S. The Morgan fingerprint density at radius 2 is 1.96 bits per heavy atom. The van der Waals surface area contributed by atoms with E-state index in [1.165, 1.54) is 11.8 Å². The molecule has 5 heteroatoms. The number of aromatic nitrogens is 1. The van der Waals surface area contributed by atoms with E-state index < -0.39 is 0 Å². The van der Waals surface area contributed by atoms with Crippen molar-refractivity contribution in [3.8, 4) is 11.8 Å². The van der Waals surface area contributed by atoms with Gasteiger partial charge in [-0.05, 0) is 38.1 Å². The molecule has 0 saturated carbocycles.